The number of rotatable bonds is 4. The van der Waals surface area contributed by atoms with Crippen LogP contribution >= 0.6 is 0 Å². The Kier molecular flexibility index (Phi) is 3.63. The van der Waals surface area contributed by atoms with Crippen molar-refractivity contribution in [1.29, 1.82) is 0 Å². The number of nitrogens with two attached hydrogens (primary N) is 1. The summed E-state index contributed by atoms with van der Waals surface area (Å²) in [6, 6.07) is 7.34. The van der Waals surface area contributed by atoms with E-state index < -0.39 is 0 Å². The van der Waals surface area contributed by atoms with E-state index in [0.717, 1.165) is 5.56 Å². The number of benzene rings is 1. The minimum absolute atomic E-state index is 0.117. The monoisotopic (exact) mass is 246 g/mol. The summed E-state index contributed by atoms with van der Waals surface area (Å²) in [7, 11) is 0. The van der Waals surface area contributed by atoms with Crippen LogP contribution in [0.3, 0.4) is 0 Å². The number of anilines is 1. The first-order valence-electron chi connectivity index (χ1n) is 5.55. The summed E-state index contributed by atoms with van der Waals surface area (Å²) in [6.07, 6.45) is 0. The summed E-state index contributed by atoms with van der Waals surface area (Å²) in [6.45, 7) is 2.47. The standard InChI is InChI=1S/C11H14N6O/c1-8(18)13-10-4-2-3-9(7-10)11-14-15-16-17(11)6-5-12/h2-4,7H,5-6,12H2,1H3,(H,13,18). The number of carbonyl (C=O) groups excluding carboxylic acids is 1. The molecule has 0 saturated carbocycles. The highest BCUT2D eigenvalue weighted by atomic mass is 16.1. The van der Waals surface area contributed by atoms with E-state index >= 15 is 0 Å². The lowest BCUT2D eigenvalue weighted by Gasteiger charge is -2.05. The molecule has 0 unspecified atom stereocenters. The predicted octanol–water partition coefficient (Wildman–Crippen LogP) is 0.257. The second-order valence-corrected chi connectivity index (χ2v) is 3.78. The Morgan fingerprint density at radius 3 is 3.06 bits per heavy atom. The quantitative estimate of drug-likeness (QED) is 0.806. The van der Waals surface area contributed by atoms with Gasteiger partial charge in [-0.2, -0.15) is 0 Å². The number of aromatic nitrogens is 4. The average molecular weight is 246 g/mol. The van der Waals surface area contributed by atoms with Crippen LogP contribution in [0.4, 0.5) is 5.69 Å². The van der Waals surface area contributed by atoms with Crippen LogP contribution in [0.5, 0.6) is 0 Å². The lowest BCUT2D eigenvalue weighted by atomic mass is 10.2. The van der Waals surface area contributed by atoms with Gasteiger partial charge in [-0.25, -0.2) is 4.68 Å². The molecule has 94 valence electrons. The SMILES string of the molecule is CC(=O)Nc1cccc(-c2nnnn2CCN)c1. The van der Waals surface area contributed by atoms with Crippen LogP contribution < -0.4 is 11.1 Å². The molecule has 0 aliphatic heterocycles. The summed E-state index contributed by atoms with van der Waals surface area (Å²) in [4.78, 5) is 11.0. The Bertz CT molecular complexity index is 550. The number of hydrogen-bond acceptors (Lipinski definition) is 5. The number of nitrogens with one attached hydrogen (secondary N) is 1. The zero-order valence-electron chi connectivity index (χ0n) is 10.00. The van der Waals surface area contributed by atoms with Gasteiger partial charge in [-0.3, -0.25) is 4.79 Å². The normalized spacial score (nSPS) is 10.3. The van der Waals surface area contributed by atoms with Gasteiger partial charge in [0.1, 0.15) is 0 Å². The Morgan fingerprint density at radius 1 is 1.50 bits per heavy atom. The first-order valence-corrected chi connectivity index (χ1v) is 5.55. The van der Waals surface area contributed by atoms with Gasteiger partial charge >= 0.3 is 0 Å². The van der Waals surface area contributed by atoms with Crippen molar-refractivity contribution in [2.45, 2.75) is 13.5 Å². The molecule has 7 heteroatoms. The molecule has 0 aliphatic carbocycles. The van der Waals surface area contributed by atoms with Crippen LogP contribution in [0.15, 0.2) is 24.3 Å². The van der Waals surface area contributed by atoms with Crippen molar-refractivity contribution in [1.82, 2.24) is 20.2 Å². The van der Waals surface area contributed by atoms with Crippen LogP contribution in [0.1, 0.15) is 6.92 Å². The molecule has 3 N–H and O–H groups in total. The van der Waals surface area contributed by atoms with Crippen molar-refractivity contribution in [2.24, 2.45) is 5.73 Å². The summed E-state index contributed by atoms with van der Waals surface area (Å²) in [5.74, 6) is 0.515. The maximum absolute atomic E-state index is 11.0. The van der Waals surface area contributed by atoms with Crippen molar-refractivity contribution < 1.29 is 4.79 Å². The molecule has 1 amide bonds. The molecule has 2 rings (SSSR count). The van der Waals surface area contributed by atoms with E-state index in [9.17, 15) is 4.79 Å². The highest BCUT2D eigenvalue weighted by molar-refractivity contribution is 5.89. The summed E-state index contributed by atoms with van der Waals surface area (Å²) in [5, 5.41) is 14.2. The molecule has 1 aromatic heterocycles. The van der Waals surface area contributed by atoms with Gasteiger partial charge in [-0.1, -0.05) is 12.1 Å². The van der Waals surface area contributed by atoms with Crippen molar-refractivity contribution in [3.63, 3.8) is 0 Å². The average Bonchev–Trinajstić information content (AvgIpc) is 2.77. The van der Waals surface area contributed by atoms with E-state index in [2.05, 4.69) is 20.8 Å². The first-order chi connectivity index (χ1) is 8.70. The largest absolute Gasteiger partial charge is 0.329 e. The fraction of sp³-hybridized carbons (Fsp3) is 0.273. The molecule has 0 fully saturated rings. The summed E-state index contributed by atoms with van der Waals surface area (Å²) in [5.41, 5.74) is 7.03. The fourth-order valence-electron chi connectivity index (χ4n) is 1.62. The molecule has 0 saturated heterocycles. The zero-order chi connectivity index (χ0) is 13.0. The molecular formula is C11H14N6O. The van der Waals surface area contributed by atoms with Gasteiger partial charge in [-0.15, -0.1) is 5.10 Å². The molecule has 0 aliphatic rings. The molecule has 0 spiro atoms. The number of tetrazole rings is 1. The Balaban J connectivity index is 2.32. The lowest BCUT2D eigenvalue weighted by molar-refractivity contribution is -0.114. The van der Waals surface area contributed by atoms with Gasteiger partial charge in [0.05, 0.1) is 6.54 Å². The molecule has 0 radical (unpaired) electrons. The van der Waals surface area contributed by atoms with Gasteiger partial charge in [0.25, 0.3) is 0 Å². The number of nitrogens with zero attached hydrogens (tertiary/aromatic N) is 4. The van der Waals surface area contributed by atoms with E-state index in [1.165, 1.54) is 6.92 Å². The number of hydrogen-bond donors (Lipinski definition) is 2. The van der Waals surface area contributed by atoms with E-state index in [1.807, 2.05) is 24.3 Å². The van der Waals surface area contributed by atoms with Crippen molar-refractivity contribution in [3.8, 4) is 11.4 Å². The highest BCUT2D eigenvalue weighted by Crippen LogP contribution is 2.19. The van der Waals surface area contributed by atoms with Gasteiger partial charge in [0.15, 0.2) is 5.82 Å². The Hall–Kier alpha value is -2.28. The van der Waals surface area contributed by atoms with E-state index in [1.54, 1.807) is 4.68 Å². The highest BCUT2D eigenvalue weighted by Gasteiger charge is 2.08. The molecule has 2 aromatic rings. The second-order valence-electron chi connectivity index (χ2n) is 3.78. The van der Waals surface area contributed by atoms with Crippen LogP contribution in [0.25, 0.3) is 11.4 Å². The molecule has 0 atom stereocenters. The zero-order valence-corrected chi connectivity index (χ0v) is 10.00. The minimum atomic E-state index is -0.117. The third-order valence-electron chi connectivity index (χ3n) is 2.31. The van der Waals surface area contributed by atoms with Gasteiger partial charge in [-0.05, 0) is 22.6 Å². The van der Waals surface area contributed by atoms with Gasteiger partial charge in [0, 0.05) is 24.7 Å². The molecule has 1 aromatic carbocycles. The maximum Gasteiger partial charge on any atom is 0.221 e. The molecule has 7 nitrogen and oxygen atoms in total. The third kappa shape index (κ3) is 2.69. The van der Waals surface area contributed by atoms with Crippen LogP contribution in [-0.4, -0.2) is 32.7 Å². The Labute approximate surface area is 104 Å². The topological polar surface area (TPSA) is 98.7 Å². The summed E-state index contributed by atoms with van der Waals surface area (Å²) >= 11 is 0. The van der Waals surface area contributed by atoms with Crippen LogP contribution in [0.2, 0.25) is 0 Å². The van der Waals surface area contributed by atoms with E-state index in [-0.39, 0.29) is 5.91 Å². The van der Waals surface area contributed by atoms with Crippen molar-refractivity contribution in [2.75, 3.05) is 11.9 Å². The minimum Gasteiger partial charge on any atom is -0.329 e. The third-order valence-corrected chi connectivity index (χ3v) is 2.31. The second kappa shape index (κ2) is 5.37. The van der Waals surface area contributed by atoms with Crippen LogP contribution in [0, 0.1) is 0 Å². The lowest BCUT2D eigenvalue weighted by Crippen LogP contribution is -2.12. The number of carbonyl (C=O) groups is 1. The fourth-order valence-corrected chi connectivity index (χ4v) is 1.62. The maximum atomic E-state index is 11.0. The van der Waals surface area contributed by atoms with Gasteiger partial charge < -0.3 is 11.1 Å². The van der Waals surface area contributed by atoms with Crippen molar-refractivity contribution >= 4 is 11.6 Å². The molecular weight excluding hydrogens is 232 g/mol. The smallest absolute Gasteiger partial charge is 0.221 e. The first kappa shape index (κ1) is 12.2. The Morgan fingerprint density at radius 2 is 2.33 bits per heavy atom. The summed E-state index contributed by atoms with van der Waals surface area (Å²) < 4.78 is 1.63. The van der Waals surface area contributed by atoms with Crippen LogP contribution in [-0.2, 0) is 11.3 Å². The predicted molar refractivity (Wildman–Crippen MR) is 66.6 cm³/mol. The van der Waals surface area contributed by atoms with E-state index in [4.69, 9.17) is 5.73 Å². The number of amides is 1. The van der Waals surface area contributed by atoms with E-state index in [0.29, 0.717) is 24.6 Å². The molecule has 1 heterocycles. The van der Waals surface area contributed by atoms with Crippen molar-refractivity contribution in [3.05, 3.63) is 24.3 Å². The molecule has 18 heavy (non-hydrogen) atoms. The molecule has 0 bridgehead atoms. The van der Waals surface area contributed by atoms with Gasteiger partial charge in [0.2, 0.25) is 5.91 Å².